The molecule has 0 aliphatic rings. The molecule has 2 rings (SSSR count). The van der Waals surface area contributed by atoms with Crippen LogP contribution in [0.1, 0.15) is 47.0 Å². The molecule has 0 amide bonds. The minimum Gasteiger partial charge on any atom is -0.315 e. The lowest BCUT2D eigenvalue weighted by Crippen LogP contribution is -2.23. The van der Waals surface area contributed by atoms with Gasteiger partial charge in [0.15, 0.2) is 0 Å². The van der Waals surface area contributed by atoms with Gasteiger partial charge in [-0.3, -0.25) is 0 Å². The van der Waals surface area contributed by atoms with Gasteiger partial charge in [-0.25, -0.2) is 0 Å². The number of rotatable bonds is 7. The quantitative estimate of drug-likeness (QED) is 0.793. The highest BCUT2D eigenvalue weighted by Crippen LogP contribution is 2.19. The van der Waals surface area contributed by atoms with Crippen molar-refractivity contribution in [3.05, 3.63) is 44.9 Å². The van der Waals surface area contributed by atoms with E-state index in [1.165, 1.54) is 16.7 Å². The first kappa shape index (κ1) is 16.1. The average Bonchev–Trinajstić information content (AvgIpc) is 2.86. The van der Waals surface area contributed by atoms with Crippen molar-refractivity contribution < 1.29 is 0 Å². The number of benzene rings is 1. The molecule has 0 aliphatic heterocycles. The summed E-state index contributed by atoms with van der Waals surface area (Å²) < 4.78 is 0. The lowest BCUT2D eigenvalue weighted by molar-refractivity contribution is 0.569. The van der Waals surface area contributed by atoms with Crippen molar-refractivity contribution >= 4 is 11.3 Å². The van der Waals surface area contributed by atoms with Gasteiger partial charge in [-0.2, -0.15) is 0 Å². The molecular weight excluding hydrogens is 278 g/mol. The van der Waals surface area contributed by atoms with Gasteiger partial charge in [-0.1, -0.05) is 37.6 Å². The molecule has 21 heavy (non-hydrogen) atoms. The van der Waals surface area contributed by atoms with E-state index in [9.17, 15) is 0 Å². The third-order valence-corrected chi connectivity index (χ3v) is 4.46. The van der Waals surface area contributed by atoms with E-state index in [1.807, 2.05) is 0 Å². The summed E-state index contributed by atoms with van der Waals surface area (Å²) in [7, 11) is 0. The largest absolute Gasteiger partial charge is 0.315 e. The summed E-state index contributed by atoms with van der Waals surface area (Å²) in [6.07, 6.45) is 3.04. The van der Waals surface area contributed by atoms with Crippen LogP contribution in [0.4, 0.5) is 0 Å². The summed E-state index contributed by atoms with van der Waals surface area (Å²) in [4.78, 5) is 0. The first-order valence-corrected chi connectivity index (χ1v) is 8.47. The molecule has 2 aromatic rings. The molecule has 0 unspecified atom stereocenters. The Kier molecular flexibility index (Phi) is 5.88. The van der Waals surface area contributed by atoms with E-state index in [4.69, 9.17) is 0 Å². The Labute approximate surface area is 131 Å². The van der Waals surface area contributed by atoms with Gasteiger partial charge in [0.05, 0.1) is 0 Å². The number of hydrogen-bond donors (Lipinski definition) is 1. The maximum atomic E-state index is 4.34. The van der Waals surface area contributed by atoms with Crippen LogP contribution < -0.4 is 5.32 Å². The third-order valence-electron chi connectivity index (χ3n) is 3.48. The smallest absolute Gasteiger partial charge is 0.121 e. The van der Waals surface area contributed by atoms with Crippen LogP contribution in [-0.4, -0.2) is 22.8 Å². The summed E-state index contributed by atoms with van der Waals surface area (Å²) in [5, 5.41) is 14.4. The van der Waals surface area contributed by atoms with Crippen LogP contribution >= 0.6 is 11.3 Å². The minimum atomic E-state index is 0.555. The van der Waals surface area contributed by atoms with Crippen LogP contribution in [0.5, 0.6) is 0 Å². The van der Waals surface area contributed by atoms with Crippen LogP contribution in [0.25, 0.3) is 0 Å². The summed E-state index contributed by atoms with van der Waals surface area (Å²) in [6, 6.07) is 7.15. The number of nitrogens with zero attached hydrogens (tertiary/aromatic N) is 2. The number of hydrogen-bond acceptors (Lipinski definition) is 4. The maximum absolute atomic E-state index is 4.34. The Balaban J connectivity index is 1.89. The standard InChI is InChI=1S/C17H25N3S/c1-12(2)18-9-5-6-16-19-20-17(21-16)11-15-10-13(3)7-8-14(15)4/h7-8,10,12,18H,5-6,9,11H2,1-4H3. The number of aryl methyl sites for hydroxylation is 3. The molecule has 114 valence electrons. The molecule has 1 heterocycles. The van der Waals surface area contributed by atoms with Crippen molar-refractivity contribution in [3.63, 3.8) is 0 Å². The highest BCUT2D eigenvalue weighted by molar-refractivity contribution is 7.11. The molecule has 0 fully saturated rings. The summed E-state index contributed by atoms with van der Waals surface area (Å²) in [5.74, 6) is 0. The highest BCUT2D eigenvalue weighted by Gasteiger charge is 2.07. The van der Waals surface area contributed by atoms with E-state index in [-0.39, 0.29) is 0 Å². The van der Waals surface area contributed by atoms with Crippen LogP contribution in [0.3, 0.4) is 0 Å². The zero-order chi connectivity index (χ0) is 15.2. The van der Waals surface area contributed by atoms with Gasteiger partial charge in [-0.15, -0.1) is 21.5 Å². The van der Waals surface area contributed by atoms with E-state index in [2.05, 4.69) is 61.4 Å². The minimum absolute atomic E-state index is 0.555. The van der Waals surface area contributed by atoms with Crippen molar-refractivity contribution in [2.75, 3.05) is 6.54 Å². The van der Waals surface area contributed by atoms with Crippen LogP contribution in [0.2, 0.25) is 0 Å². The zero-order valence-electron chi connectivity index (χ0n) is 13.4. The molecule has 0 bridgehead atoms. The van der Waals surface area contributed by atoms with Gasteiger partial charge in [-0.05, 0) is 37.9 Å². The van der Waals surface area contributed by atoms with E-state index < -0.39 is 0 Å². The monoisotopic (exact) mass is 303 g/mol. The molecule has 1 aromatic carbocycles. The lowest BCUT2D eigenvalue weighted by atomic mass is 10.0. The Morgan fingerprint density at radius 3 is 2.67 bits per heavy atom. The van der Waals surface area contributed by atoms with Crippen LogP contribution in [0, 0.1) is 13.8 Å². The van der Waals surface area contributed by atoms with Gasteiger partial charge in [0.1, 0.15) is 10.0 Å². The second-order valence-electron chi connectivity index (χ2n) is 5.91. The van der Waals surface area contributed by atoms with E-state index in [0.29, 0.717) is 6.04 Å². The Hall–Kier alpha value is -1.26. The molecule has 4 heteroatoms. The molecule has 0 saturated heterocycles. The first-order valence-electron chi connectivity index (χ1n) is 7.65. The fraction of sp³-hybridized carbons (Fsp3) is 0.529. The number of aromatic nitrogens is 2. The van der Waals surface area contributed by atoms with Gasteiger partial charge < -0.3 is 5.32 Å². The second-order valence-corrected chi connectivity index (χ2v) is 7.06. The average molecular weight is 303 g/mol. The first-order chi connectivity index (χ1) is 10.0. The van der Waals surface area contributed by atoms with Crippen LogP contribution in [0.15, 0.2) is 18.2 Å². The number of nitrogens with one attached hydrogen (secondary N) is 1. The Bertz CT molecular complexity index is 575. The zero-order valence-corrected chi connectivity index (χ0v) is 14.3. The fourth-order valence-corrected chi connectivity index (χ4v) is 3.15. The topological polar surface area (TPSA) is 37.8 Å². The SMILES string of the molecule is Cc1ccc(C)c(Cc2nnc(CCCNC(C)C)s2)c1. The van der Waals surface area contributed by atoms with Crippen LogP contribution in [-0.2, 0) is 12.8 Å². The van der Waals surface area contributed by atoms with Crippen molar-refractivity contribution in [2.45, 2.75) is 53.0 Å². The predicted molar refractivity (Wildman–Crippen MR) is 90.1 cm³/mol. The van der Waals surface area contributed by atoms with Gasteiger partial charge in [0.25, 0.3) is 0 Å². The molecule has 3 nitrogen and oxygen atoms in total. The maximum Gasteiger partial charge on any atom is 0.121 e. The van der Waals surface area contributed by atoms with Crippen molar-refractivity contribution in [1.29, 1.82) is 0 Å². The highest BCUT2D eigenvalue weighted by atomic mass is 32.1. The van der Waals surface area contributed by atoms with Crippen molar-refractivity contribution in [2.24, 2.45) is 0 Å². The summed E-state index contributed by atoms with van der Waals surface area (Å²) >= 11 is 1.75. The van der Waals surface area contributed by atoms with E-state index in [1.54, 1.807) is 11.3 Å². The molecular formula is C17H25N3S. The fourth-order valence-electron chi connectivity index (χ4n) is 2.24. The molecule has 0 saturated carbocycles. The van der Waals surface area contributed by atoms with Gasteiger partial charge in [0, 0.05) is 18.9 Å². The molecule has 0 atom stereocenters. The summed E-state index contributed by atoms with van der Waals surface area (Å²) in [6.45, 7) is 9.69. The molecule has 0 spiro atoms. The third kappa shape index (κ3) is 5.21. The van der Waals surface area contributed by atoms with E-state index >= 15 is 0 Å². The normalized spacial score (nSPS) is 11.3. The lowest BCUT2D eigenvalue weighted by Gasteiger charge is -2.06. The second kappa shape index (κ2) is 7.66. The van der Waals surface area contributed by atoms with E-state index in [0.717, 1.165) is 35.8 Å². The van der Waals surface area contributed by atoms with Gasteiger partial charge >= 0.3 is 0 Å². The van der Waals surface area contributed by atoms with Crippen molar-refractivity contribution in [3.8, 4) is 0 Å². The summed E-state index contributed by atoms with van der Waals surface area (Å²) in [5.41, 5.74) is 4.00. The Morgan fingerprint density at radius 2 is 1.90 bits per heavy atom. The molecule has 0 aliphatic carbocycles. The Morgan fingerprint density at radius 1 is 1.14 bits per heavy atom. The predicted octanol–water partition coefficient (Wildman–Crippen LogP) is 3.68. The van der Waals surface area contributed by atoms with Crippen molar-refractivity contribution in [1.82, 2.24) is 15.5 Å². The van der Waals surface area contributed by atoms with Gasteiger partial charge in [0.2, 0.25) is 0 Å². The molecule has 1 aromatic heterocycles. The molecule has 0 radical (unpaired) electrons. The molecule has 1 N–H and O–H groups in total.